The van der Waals surface area contributed by atoms with Crippen LogP contribution < -0.4 is 34.0 Å². The van der Waals surface area contributed by atoms with Crippen molar-refractivity contribution in [2.75, 3.05) is 67.0 Å². The molecule has 0 aromatic heterocycles. The standard InChI is InChI=1S/C13H20N4O3.C8H11N3O2.C5H13NO2.2ClH/c1-19-8-9-20-7-6-16-12(18)10-2-4-11(5-3-10)17-13(14)15;9-8(10)11-6-3-1-5(2-4-6)7(12)13;1-7-4-5-8-3-2-6;;/h2-5H,6-9H2,1H3,(H,16,18)(H4,14,15,17);1-4,7,12-13H,(H4,9,10,11);2-6H2,1H3;2*1H. The third-order valence-corrected chi connectivity index (χ3v) is 4.49. The molecule has 0 unspecified atom stereocenters. The molecule has 0 aliphatic rings. The molecule has 43 heavy (non-hydrogen) atoms. The van der Waals surface area contributed by atoms with Crippen LogP contribution in [-0.2, 0) is 18.9 Å². The highest BCUT2D eigenvalue weighted by molar-refractivity contribution is 5.94. The van der Waals surface area contributed by atoms with Gasteiger partial charge in [-0.1, -0.05) is 12.1 Å². The van der Waals surface area contributed by atoms with Gasteiger partial charge in [0.2, 0.25) is 0 Å². The summed E-state index contributed by atoms with van der Waals surface area (Å²) in [6.45, 7) is 4.46. The number of nitrogens with zero attached hydrogens (tertiary/aromatic N) is 2. The Kier molecular flexibility index (Phi) is 29.7. The Hall–Kier alpha value is -3.25. The van der Waals surface area contributed by atoms with Crippen LogP contribution >= 0.6 is 24.8 Å². The topological polar surface area (TPSA) is 261 Å². The van der Waals surface area contributed by atoms with Crippen molar-refractivity contribution in [3.8, 4) is 0 Å². The molecule has 0 aliphatic carbocycles. The first kappa shape index (κ1) is 44.2. The number of guanidine groups is 2. The number of halogens is 2. The molecule has 0 bridgehead atoms. The van der Waals surface area contributed by atoms with E-state index in [1.165, 1.54) is 12.1 Å². The summed E-state index contributed by atoms with van der Waals surface area (Å²) in [4.78, 5) is 19.4. The predicted octanol–water partition coefficient (Wildman–Crippen LogP) is 0.0107. The molecule has 0 spiro atoms. The number of aliphatic hydroxyl groups excluding tert-OH is 1. The first-order valence-electron chi connectivity index (χ1n) is 12.5. The molecule has 0 fully saturated rings. The van der Waals surface area contributed by atoms with E-state index >= 15 is 0 Å². The van der Waals surface area contributed by atoms with E-state index in [4.69, 9.17) is 57.8 Å². The number of nitrogens with two attached hydrogens (primary N) is 5. The van der Waals surface area contributed by atoms with Crippen LogP contribution in [0.25, 0.3) is 0 Å². The first-order valence-corrected chi connectivity index (χ1v) is 12.5. The molecule has 13 N–H and O–H groups in total. The summed E-state index contributed by atoms with van der Waals surface area (Å²) in [6, 6.07) is 12.9. The molecule has 17 heteroatoms. The lowest BCUT2D eigenvalue weighted by Gasteiger charge is -2.06. The Morgan fingerprint density at radius 2 is 1.19 bits per heavy atom. The zero-order valence-electron chi connectivity index (χ0n) is 24.4. The van der Waals surface area contributed by atoms with E-state index in [1.54, 1.807) is 50.6 Å². The van der Waals surface area contributed by atoms with Crippen LogP contribution in [0.3, 0.4) is 0 Å². The summed E-state index contributed by atoms with van der Waals surface area (Å²) in [6.07, 6.45) is -1.46. The van der Waals surface area contributed by atoms with Gasteiger partial charge >= 0.3 is 0 Å². The van der Waals surface area contributed by atoms with Crippen molar-refractivity contribution in [2.24, 2.45) is 38.7 Å². The molecule has 0 atom stereocenters. The minimum atomic E-state index is -1.46. The van der Waals surface area contributed by atoms with Gasteiger partial charge in [-0.2, -0.15) is 0 Å². The van der Waals surface area contributed by atoms with E-state index in [-0.39, 0.29) is 42.6 Å². The van der Waals surface area contributed by atoms with E-state index in [9.17, 15) is 4.79 Å². The monoisotopic (exact) mass is 652 g/mol. The van der Waals surface area contributed by atoms with Crippen LogP contribution in [0.2, 0.25) is 0 Å². The maximum atomic E-state index is 11.8. The lowest BCUT2D eigenvalue weighted by molar-refractivity contribution is -0.0424. The highest BCUT2D eigenvalue weighted by Gasteiger charge is 2.04. The summed E-state index contributed by atoms with van der Waals surface area (Å²) in [7, 11) is 3.25. The molecular weight excluding hydrogens is 607 g/mol. The van der Waals surface area contributed by atoms with Gasteiger partial charge in [-0.3, -0.25) is 4.79 Å². The number of hydrogen-bond donors (Lipinski definition) is 8. The Bertz CT molecular complexity index is 1000. The second kappa shape index (κ2) is 28.9. The third kappa shape index (κ3) is 25.0. The van der Waals surface area contributed by atoms with E-state index in [0.29, 0.717) is 75.2 Å². The average molecular weight is 654 g/mol. The van der Waals surface area contributed by atoms with Crippen LogP contribution in [0.15, 0.2) is 58.5 Å². The highest BCUT2D eigenvalue weighted by Crippen LogP contribution is 2.16. The number of hydrogen-bond acceptors (Lipinski definition) is 10. The molecule has 0 saturated heterocycles. The summed E-state index contributed by atoms with van der Waals surface area (Å²) in [5, 5.41) is 20.3. The number of aliphatic hydroxyl groups is 2. The van der Waals surface area contributed by atoms with Crippen molar-refractivity contribution in [1.29, 1.82) is 0 Å². The number of benzene rings is 2. The molecular formula is C26H46Cl2N8O7. The van der Waals surface area contributed by atoms with E-state index in [2.05, 4.69) is 15.3 Å². The zero-order valence-corrected chi connectivity index (χ0v) is 26.0. The van der Waals surface area contributed by atoms with E-state index in [1.807, 2.05) is 0 Å². The number of methoxy groups -OCH3 is 2. The fourth-order valence-electron chi connectivity index (χ4n) is 2.62. The Balaban J connectivity index is -0.000000601. The van der Waals surface area contributed by atoms with Gasteiger partial charge in [0.05, 0.1) is 51.0 Å². The van der Waals surface area contributed by atoms with Crippen molar-refractivity contribution in [3.05, 3.63) is 59.7 Å². The van der Waals surface area contributed by atoms with Gasteiger partial charge in [0.25, 0.3) is 5.91 Å². The van der Waals surface area contributed by atoms with Crippen molar-refractivity contribution in [1.82, 2.24) is 5.32 Å². The van der Waals surface area contributed by atoms with Crippen molar-refractivity contribution >= 4 is 54.0 Å². The number of amides is 1. The van der Waals surface area contributed by atoms with Crippen LogP contribution in [0, 0.1) is 0 Å². The maximum Gasteiger partial charge on any atom is 0.251 e. The van der Waals surface area contributed by atoms with E-state index < -0.39 is 6.29 Å². The van der Waals surface area contributed by atoms with Crippen LogP contribution in [0.1, 0.15) is 22.2 Å². The predicted molar refractivity (Wildman–Crippen MR) is 172 cm³/mol. The minimum Gasteiger partial charge on any atom is -0.382 e. The summed E-state index contributed by atoms with van der Waals surface area (Å²) in [5.74, 6) is -0.218. The largest absolute Gasteiger partial charge is 0.382 e. The third-order valence-electron chi connectivity index (χ3n) is 4.49. The van der Waals surface area contributed by atoms with E-state index in [0.717, 1.165) is 0 Å². The quantitative estimate of drug-likeness (QED) is 0.0547. The minimum absolute atomic E-state index is 0. The van der Waals surface area contributed by atoms with Gasteiger partial charge in [0.15, 0.2) is 18.2 Å². The number of carbonyl (C=O) groups excluding carboxylic acids is 1. The number of ether oxygens (including phenoxy) is 4. The first-order chi connectivity index (χ1) is 19.6. The zero-order chi connectivity index (χ0) is 30.9. The summed E-state index contributed by atoms with van der Waals surface area (Å²) in [5.41, 5.74) is 28.1. The van der Waals surface area contributed by atoms with Gasteiger partial charge in [-0.15, -0.1) is 24.8 Å². The molecule has 0 aliphatic heterocycles. The lowest BCUT2D eigenvalue weighted by Crippen LogP contribution is -2.27. The van der Waals surface area contributed by atoms with Crippen LogP contribution in [-0.4, -0.2) is 95.0 Å². The SMILES string of the molecule is COCCOCCN.COCCOCCNC(=O)c1ccc(N=C(N)N)cc1.Cl.Cl.NC(N)=Nc1ccc(C(O)O)cc1. The fraction of sp³-hybridized carbons (Fsp3) is 0.423. The molecule has 2 aromatic rings. The molecule has 0 heterocycles. The molecule has 15 nitrogen and oxygen atoms in total. The van der Waals surface area contributed by atoms with Gasteiger partial charge in [0, 0.05) is 38.4 Å². The molecule has 0 radical (unpaired) electrons. The van der Waals surface area contributed by atoms with Gasteiger partial charge < -0.3 is 63.1 Å². The fourth-order valence-corrected chi connectivity index (χ4v) is 2.62. The Labute approximate surface area is 264 Å². The normalized spacial score (nSPS) is 9.53. The molecule has 2 rings (SSSR count). The van der Waals surface area contributed by atoms with Gasteiger partial charge in [0.1, 0.15) is 0 Å². The molecule has 1 amide bonds. The van der Waals surface area contributed by atoms with Gasteiger partial charge in [-0.25, -0.2) is 9.98 Å². The Morgan fingerprint density at radius 1 is 0.744 bits per heavy atom. The van der Waals surface area contributed by atoms with Crippen molar-refractivity contribution in [3.63, 3.8) is 0 Å². The summed E-state index contributed by atoms with van der Waals surface area (Å²) < 4.78 is 19.8. The maximum absolute atomic E-state index is 11.8. The average Bonchev–Trinajstić information content (AvgIpc) is 2.94. The van der Waals surface area contributed by atoms with Crippen LogP contribution in [0.4, 0.5) is 11.4 Å². The second-order valence-corrected chi connectivity index (χ2v) is 7.84. The Morgan fingerprint density at radius 3 is 1.58 bits per heavy atom. The number of nitrogens with one attached hydrogen (secondary N) is 1. The smallest absolute Gasteiger partial charge is 0.251 e. The molecule has 0 saturated carbocycles. The van der Waals surface area contributed by atoms with Crippen molar-refractivity contribution < 1.29 is 34.0 Å². The second-order valence-electron chi connectivity index (χ2n) is 7.84. The van der Waals surface area contributed by atoms with Gasteiger partial charge in [-0.05, 0) is 36.4 Å². The molecule has 2 aromatic carbocycles. The van der Waals surface area contributed by atoms with Crippen molar-refractivity contribution in [2.45, 2.75) is 6.29 Å². The number of rotatable bonds is 15. The lowest BCUT2D eigenvalue weighted by atomic mass is 10.2. The number of aliphatic imine (C=N–C) groups is 2. The highest BCUT2D eigenvalue weighted by atomic mass is 35.5. The van der Waals surface area contributed by atoms with Crippen LogP contribution in [0.5, 0.6) is 0 Å². The number of carbonyl (C=O) groups is 1. The molecule has 246 valence electrons. The summed E-state index contributed by atoms with van der Waals surface area (Å²) >= 11 is 0.